The highest BCUT2D eigenvalue weighted by Crippen LogP contribution is 2.48. The van der Waals surface area contributed by atoms with Crippen molar-refractivity contribution in [2.24, 2.45) is 18.7 Å². The van der Waals surface area contributed by atoms with Crippen LogP contribution >= 0.6 is 0 Å². The molecule has 2 aromatic rings. The van der Waals surface area contributed by atoms with Crippen LogP contribution in [0.4, 0.5) is 0 Å². The summed E-state index contributed by atoms with van der Waals surface area (Å²) in [5, 5.41) is 31.4. The van der Waals surface area contributed by atoms with E-state index in [-0.39, 0.29) is 30.5 Å². The van der Waals surface area contributed by atoms with Crippen LogP contribution in [0.15, 0.2) is 24.3 Å². The largest absolute Gasteiger partial charge is 0.477 e. The van der Waals surface area contributed by atoms with Crippen molar-refractivity contribution in [3.63, 3.8) is 0 Å². The van der Waals surface area contributed by atoms with E-state index in [4.69, 9.17) is 11.0 Å². The lowest BCUT2D eigenvalue weighted by atomic mass is 9.60. The van der Waals surface area contributed by atoms with Crippen LogP contribution in [-0.2, 0) is 22.1 Å². The number of nitrogens with one attached hydrogen (secondary N) is 1. The normalized spacial score (nSPS) is 21.3. The summed E-state index contributed by atoms with van der Waals surface area (Å²) in [4.78, 5) is 38.7. The molecule has 1 saturated carbocycles. The first kappa shape index (κ1) is 22.8. The molecule has 1 fully saturated rings. The zero-order valence-corrected chi connectivity index (χ0v) is 17.8. The zero-order chi connectivity index (χ0) is 23.5. The number of aryl methyl sites for hydroxylation is 1. The number of aromatic carboxylic acids is 1. The molecule has 2 amide bonds. The monoisotopic (exact) mass is 435 g/mol. The van der Waals surface area contributed by atoms with Crippen molar-refractivity contribution >= 4 is 28.7 Å². The maximum Gasteiger partial charge on any atom is 0.352 e. The number of aromatic nitrogens is 1. The number of hydrogen-bond acceptors (Lipinski definition) is 5. The highest BCUT2D eigenvalue weighted by molar-refractivity contribution is 6.06. The van der Waals surface area contributed by atoms with E-state index in [1.165, 1.54) is 4.57 Å². The Balaban J connectivity index is 2.21. The van der Waals surface area contributed by atoms with Crippen LogP contribution in [0.25, 0.3) is 10.9 Å². The van der Waals surface area contributed by atoms with Crippen molar-refractivity contribution in [3.05, 3.63) is 35.5 Å². The molecule has 0 spiro atoms. The molecule has 0 radical (unpaired) electrons. The lowest BCUT2D eigenvalue weighted by Crippen LogP contribution is -2.55. The number of nitriles is 2. The number of carbonyl (C=O) groups excluding carboxylic acids is 2. The molecule has 0 bridgehead atoms. The van der Waals surface area contributed by atoms with Gasteiger partial charge in [-0.15, -0.1) is 0 Å². The standard InChI is InChI=1S/C23H25N5O4/c1-28-17-10-3-2-8-15(17)18(19(28)21(30)31)23(22(26)32)11-5-4-9-16(23)20(29)27-14(13-25)7-6-12-24/h2-3,8,10,14,16H,4-7,9,11H2,1H3,(H2,26,32)(H,27,29)(H,30,31)/t14?,16-,23-/m0/s1. The third-order valence-electron chi connectivity index (χ3n) is 6.44. The van der Waals surface area contributed by atoms with Crippen molar-refractivity contribution in [1.29, 1.82) is 10.5 Å². The first-order valence-electron chi connectivity index (χ1n) is 10.5. The van der Waals surface area contributed by atoms with E-state index in [9.17, 15) is 24.8 Å². The Morgan fingerprint density at radius 2 is 2.03 bits per heavy atom. The van der Waals surface area contributed by atoms with Gasteiger partial charge in [-0.05, 0) is 25.3 Å². The van der Waals surface area contributed by atoms with Crippen LogP contribution in [0, 0.1) is 28.6 Å². The number of carboxylic acids is 1. The summed E-state index contributed by atoms with van der Waals surface area (Å²) in [6.45, 7) is 0. The van der Waals surface area contributed by atoms with Gasteiger partial charge in [0.05, 0.1) is 23.5 Å². The summed E-state index contributed by atoms with van der Waals surface area (Å²) in [6.07, 6.45) is 2.07. The van der Waals surface area contributed by atoms with Crippen LogP contribution in [-0.4, -0.2) is 33.5 Å². The Labute approximate surface area is 185 Å². The Kier molecular flexibility index (Phi) is 6.50. The minimum Gasteiger partial charge on any atom is -0.477 e. The third kappa shape index (κ3) is 3.67. The van der Waals surface area contributed by atoms with Gasteiger partial charge < -0.3 is 20.7 Å². The smallest absolute Gasteiger partial charge is 0.352 e. The van der Waals surface area contributed by atoms with Gasteiger partial charge in [-0.2, -0.15) is 10.5 Å². The van der Waals surface area contributed by atoms with E-state index in [1.807, 2.05) is 12.1 Å². The molecule has 4 N–H and O–H groups in total. The number of rotatable bonds is 7. The molecule has 166 valence electrons. The van der Waals surface area contributed by atoms with Crippen molar-refractivity contribution in [1.82, 2.24) is 9.88 Å². The van der Waals surface area contributed by atoms with E-state index >= 15 is 0 Å². The Morgan fingerprint density at radius 1 is 1.31 bits per heavy atom. The molecule has 9 nitrogen and oxygen atoms in total. The summed E-state index contributed by atoms with van der Waals surface area (Å²) in [6, 6.07) is 10.0. The molecule has 1 aliphatic carbocycles. The van der Waals surface area contributed by atoms with Gasteiger partial charge in [0.15, 0.2) is 0 Å². The number of carbonyl (C=O) groups is 3. The second-order valence-electron chi connectivity index (χ2n) is 8.13. The summed E-state index contributed by atoms with van der Waals surface area (Å²) < 4.78 is 1.51. The maximum absolute atomic E-state index is 13.3. The van der Waals surface area contributed by atoms with Gasteiger partial charge in [-0.3, -0.25) is 9.59 Å². The number of carboxylic acid groups (broad SMARTS) is 1. The molecule has 1 aromatic heterocycles. The SMILES string of the molecule is Cn1c(C(=O)O)c([C@]2(C(N)=O)CCCC[C@H]2C(=O)NC(C#N)CCC#N)c2ccccc21. The Hall–Kier alpha value is -3.85. The second-order valence-corrected chi connectivity index (χ2v) is 8.13. The number of fused-ring (bicyclic) bond motifs is 1. The van der Waals surface area contributed by atoms with Crippen molar-refractivity contribution in [3.8, 4) is 12.1 Å². The second kappa shape index (κ2) is 9.11. The molecular formula is C23H25N5O4. The quantitative estimate of drug-likeness (QED) is 0.603. The first-order valence-corrected chi connectivity index (χ1v) is 10.5. The molecule has 1 aliphatic rings. The van der Waals surface area contributed by atoms with E-state index < -0.39 is 35.2 Å². The van der Waals surface area contributed by atoms with E-state index in [1.54, 1.807) is 31.3 Å². The third-order valence-corrected chi connectivity index (χ3v) is 6.44. The molecule has 0 aliphatic heterocycles. The number of benzene rings is 1. The van der Waals surface area contributed by atoms with Crippen LogP contribution in [0.5, 0.6) is 0 Å². The van der Waals surface area contributed by atoms with E-state index in [0.717, 1.165) is 0 Å². The molecule has 1 unspecified atom stereocenters. The molecule has 9 heteroatoms. The fraction of sp³-hybridized carbons (Fsp3) is 0.435. The fourth-order valence-electron chi connectivity index (χ4n) is 4.99. The molecule has 32 heavy (non-hydrogen) atoms. The summed E-state index contributed by atoms with van der Waals surface area (Å²) in [5.41, 5.74) is 5.20. The minimum atomic E-state index is -1.54. The molecule has 1 aromatic carbocycles. The van der Waals surface area contributed by atoms with Gasteiger partial charge in [0, 0.05) is 29.9 Å². The Morgan fingerprint density at radius 3 is 2.66 bits per heavy atom. The van der Waals surface area contributed by atoms with Gasteiger partial charge >= 0.3 is 5.97 Å². The summed E-state index contributed by atoms with van der Waals surface area (Å²) in [7, 11) is 1.61. The molecule has 0 saturated heterocycles. The minimum absolute atomic E-state index is 0.0778. The van der Waals surface area contributed by atoms with Crippen LogP contribution < -0.4 is 11.1 Å². The lowest BCUT2D eigenvalue weighted by Gasteiger charge is -2.41. The number of para-hydroxylation sites is 1. The van der Waals surface area contributed by atoms with E-state index in [0.29, 0.717) is 30.2 Å². The average molecular weight is 435 g/mol. The van der Waals surface area contributed by atoms with Crippen LogP contribution in [0.3, 0.4) is 0 Å². The van der Waals surface area contributed by atoms with E-state index in [2.05, 4.69) is 5.32 Å². The number of nitrogens with two attached hydrogens (primary N) is 1. The van der Waals surface area contributed by atoms with Crippen molar-refractivity contribution < 1.29 is 19.5 Å². The van der Waals surface area contributed by atoms with Crippen molar-refractivity contribution in [2.75, 3.05) is 0 Å². The van der Waals surface area contributed by atoms with Crippen LogP contribution in [0.2, 0.25) is 0 Å². The highest BCUT2D eigenvalue weighted by Gasteiger charge is 2.54. The van der Waals surface area contributed by atoms with Gasteiger partial charge in [0.2, 0.25) is 11.8 Å². The average Bonchev–Trinajstić information content (AvgIpc) is 3.09. The predicted molar refractivity (Wildman–Crippen MR) is 115 cm³/mol. The van der Waals surface area contributed by atoms with Gasteiger partial charge in [-0.1, -0.05) is 31.0 Å². The number of primary amides is 1. The number of amides is 2. The molecule has 3 atom stereocenters. The fourth-order valence-corrected chi connectivity index (χ4v) is 4.99. The molecular weight excluding hydrogens is 410 g/mol. The van der Waals surface area contributed by atoms with Gasteiger partial charge in [-0.25, -0.2) is 4.79 Å². The Bertz CT molecular complexity index is 1160. The zero-order valence-electron chi connectivity index (χ0n) is 17.8. The highest BCUT2D eigenvalue weighted by atomic mass is 16.4. The van der Waals surface area contributed by atoms with Crippen molar-refractivity contribution in [2.45, 2.75) is 50.0 Å². The number of nitrogens with zero attached hydrogens (tertiary/aromatic N) is 3. The summed E-state index contributed by atoms with van der Waals surface area (Å²) in [5.74, 6) is -3.44. The molecule has 1 heterocycles. The molecule has 3 rings (SSSR count). The number of hydrogen-bond donors (Lipinski definition) is 3. The van der Waals surface area contributed by atoms with Gasteiger partial charge in [0.1, 0.15) is 11.7 Å². The summed E-state index contributed by atoms with van der Waals surface area (Å²) >= 11 is 0. The van der Waals surface area contributed by atoms with Gasteiger partial charge in [0.25, 0.3) is 0 Å². The first-order chi connectivity index (χ1) is 15.3. The maximum atomic E-state index is 13.3. The van der Waals surface area contributed by atoms with Crippen LogP contribution in [0.1, 0.15) is 54.6 Å². The lowest BCUT2D eigenvalue weighted by molar-refractivity contribution is -0.137. The predicted octanol–water partition coefficient (Wildman–Crippen LogP) is 2.10. The topological polar surface area (TPSA) is 162 Å².